The van der Waals surface area contributed by atoms with E-state index in [1.807, 2.05) is 19.2 Å². The fourth-order valence-corrected chi connectivity index (χ4v) is 2.12. The number of carbonyl (C=O) groups is 1. The maximum Gasteiger partial charge on any atom is 0.535 e. The molecule has 0 aliphatic rings. The molecular weight excluding hydrogens is 298 g/mol. The van der Waals surface area contributed by atoms with Gasteiger partial charge in [0.1, 0.15) is 11.0 Å². The Kier molecular flexibility index (Phi) is 4.32. The highest BCUT2D eigenvalue weighted by atomic mass is 16.8. The molecule has 1 aromatic carbocycles. The Morgan fingerprint density at radius 3 is 3.04 bits per heavy atom. The van der Waals surface area contributed by atoms with Crippen molar-refractivity contribution in [3.05, 3.63) is 48.3 Å². The van der Waals surface area contributed by atoms with Crippen molar-refractivity contribution < 1.29 is 14.4 Å². The van der Waals surface area contributed by atoms with Gasteiger partial charge in [-0.15, -0.1) is 5.10 Å². The number of para-hydroxylation sites is 1. The molecule has 8 heteroatoms. The summed E-state index contributed by atoms with van der Waals surface area (Å²) in [7, 11) is 1.81. The number of nitrogens with zero attached hydrogens (tertiary/aromatic N) is 4. The molecule has 0 saturated heterocycles. The Hall–Kier alpha value is -3.16. The molecule has 0 radical (unpaired) electrons. The second-order valence-corrected chi connectivity index (χ2v) is 4.67. The van der Waals surface area contributed by atoms with Crippen molar-refractivity contribution in [2.75, 3.05) is 19.0 Å². The summed E-state index contributed by atoms with van der Waals surface area (Å²) in [6.45, 7) is 0.185. The van der Waals surface area contributed by atoms with Gasteiger partial charge in [0.25, 0.3) is 0 Å². The van der Waals surface area contributed by atoms with Crippen LogP contribution in [-0.4, -0.2) is 40.0 Å². The molecule has 0 fully saturated rings. The second kappa shape index (κ2) is 6.73. The minimum Gasteiger partial charge on any atom is -0.432 e. The van der Waals surface area contributed by atoms with Crippen LogP contribution in [0.3, 0.4) is 0 Å². The minimum absolute atomic E-state index is 0.185. The fourth-order valence-electron chi connectivity index (χ4n) is 2.12. The molecule has 0 saturated carbocycles. The SMILES string of the molecule is CNc1cnccc1CCOC(=O)On1nnc2ccccc21. The summed E-state index contributed by atoms with van der Waals surface area (Å²) < 4.78 is 5.07. The van der Waals surface area contributed by atoms with E-state index in [0.717, 1.165) is 16.1 Å². The smallest absolute Gasteiger partial charge is 0.432 e. The Bertz CT molecular complexity index is 817. The van der Waals surface area contributed by atoms with Crippen molar-refractivity contribution in [1.82, 2.24) is 20.1 Å². The van der Waals surface area contributed by atoms with Crippen molar-refractivity contribution in [1.29, 1.82) is 0 Å². The summed E-state index contributed by atoms with van der Waals surface area (Å²) >= 11 is 0. The van der Waals surface area contributed by atoms with Crippen LogP contribution < -0.4 is 10.2 Å². The van der Waals surface area contributed by atoms with Crippen LogP contribution in [0.5, 0.6) is 0 Å². The number of fused-ring (bicyclic) bond motifs is 1. The monoisotopic (exact) mass is 313 g/mol. The first kappa shape index (κ1) is 14.8. The average molecular weight is 313 g/mol. The molecule has 0 aliphatic heterocycles. The molecule has 3 aromatic rings. The molecule has 118 valence electrons. The highest BCUT2D eigenvalue weighted by molar-refractivity contribution is 5.74. The third kappa shape index (κ3) is 3.37. The summed E-state index contributed by atoms with van der Waals surface area (Å²) in [5.41, 5.74) is 3.13. The molecule has 8 nitrogen and oxygen atoms in total. The van der Waals surface area contributed by atoms with Gasteiger partial charge in [-0.1, -0.05) is 17.0 Å². The lowest BCUT2D eigenvalue weighted by Crippen LogP contribution is -2.22. The van der Waals surface area contributed by atoms with E-state index in [2.05, 4.69) is 20.6 Å². The molecule has 23 heavy (non-hydrogen) atoms. The first-order valence-corrected chi connectivity index (χ1v) is 7.04. The molecule has 2 heterocycles. The number of aromatic nitrogens is 4. The van der Waals surface area contributed by atoms with Gasteiger partial charge in [0, 0.05) is 19.7 Å². The van der Waals surface area contributed by atoms with Gasteiger partial charge in [0.15, 0.2) is 0 Å². The first-order valence-electron chi connectivity index (χ1n) is 7.04. The van der Waals surface area contributed by atoms with E-state index in [9.17, 15) is 4.79 Å². The lowest BCUT2D eigenvalue weighted by Gasteiger charge is -2.08. The van der Waals surface area contributed by atoms with E-state index < -0.39 is 6.16 Å². The van der Waals surface area contributed by atoms with Crippen LogP contribution in [0.25, 0.3) is 11.0 Å². The van der Waals surface area contributed by atoms with E-state index in [-0.39, 0.29) is 6.61 Å². The Morgan fingerprint density at radius 2 is 2.17 bits per heavy atom. The van der Waals surface area contributed by atoms with Gasteiger partial charge in [-0.3, -0.25) is 9.82 Å². The lowest BCUT2D eigenvalue weighted by molar-refractivity contribution is 0.0402. The van der Waals surface area contributed by atoms with Gasteiger partial charge in [0.05, 0.1) is 18.5 Å². The molecule has 2 aromatic heterocycles. The average Bonchev–Trinajstić information content (AvgIpc) is 2.98. The Morgan fingerprint density at radius 1 is 1.30 bits per heavy atom. The summed E-state index contributed by atoms with van der Waals surface area (Å²) in [6.07, 6.45) is 3.12. The summed E-state index contributed by atoms with van der Waals surface area (Å²) in [5, 5.41) is 10.7. The van der Waals surface area contributed by atoms with E-state index in [4.69, 9.17) is 9.57 Å². The van der Waals surface area contributed by atoms with Gasteiger partial charge < -0.3 is 10.1 Å². The lowest BCUT2D eigenvalue weighted by atomic mass is 10.2. The van der Waals surface area contributed by atoms with Crippen LogP contribution in [0, 0.1) is 0 Å². The highest BCUT2D eigenvalue weighted by Crippen LogP contribution is 2.13. The second-order valence-electron chi connectivity index (χ2n) is 4.67. The van der Waals surface area contributed by atoms with Crippen molar-refractivity contribution in [2.24, 2.45) is 0 Å². The summed E-state index contributed by atoms with van der Waals surface area (Å²) in [6, 6.07) is 9.02. The normalized spacial score (nSPS) is 10.5. The number of anilines is 1. The molecule has 3 rings (SSSR count). The number of hydrogen-bond acceptors (Lipinski definition) is 7. The zero-order valence-electron chi connectivity index (χ0n) is 12.5. The number of nitrogens with one attached hydrogen (secondary N) is 1. The predicted molar refractivity (Wildman–Crippen MR) is 82.9 cm³/mol. The van der Waals surface area contributed by atoms with Crippen molar-refractivity contribution >= 4 is 22.9 Å². The van der Waals surface area contributed by atoms with Gasteiger partial charge in [-0.05, 0) is 29.0 Å². The summed E-state index contributed by atoms with van der Waals surface area (Å²) in [5.74, 6) is 0. The van der Waals surface area contributed by atoms with Crippen molar-refractivity contribution in [3.8, 4) is 0 Å². The molecular formula is C15H15N5O3. The first-order chi connectivity index (χ1) is 11.3. The Balaban J connectivity index is 1.56. The highest BCUT2D eigenvalue weighted by Gasteiger charge is 2.11. The van der Waals surface area contributed by atoms with Crippen LogP contribution in [-0.2, 0) is 11.2 Å². The van der Waals surface area contributed by atoms with Gasteiger partial charge >= 0.3 is 6.16 Å². The number of pyridine rings is 1. The molecule has 0 atom stereocenters. The standard InChI is InChI=1S/C15H15N5O3/c1-16-13-10-17-8-6-11(13)7-9-22-15(21)23-20-14-5-3-2-4-12(14)18-19-20/h2-6,8,10,16H,7,9H2,1H3. The van der Waals surface area contributed by atoms with Crippen molar-refractivity contribution in [2.45, 2.75) is 6.42 Å². The molecule has 0 spiro atoms. The van der Waals surface area contributed by atoms with Gasteiger partial charge in [-0.2, -0.15) is 0 Å². The quantitative estimate of drug-likeness (QED) is 0.566. The van der Waals surface area contributed by atoms with E-state index in [1.165, 1.54) is 0 Å². The van der Waals surface area contributed by atoms with Crippen LogP contribution >= 0.6 is 0 Å². The minimum atomic E-state index is -0.833. The fraction of sp³-hybridized carbons (Fsp3) is 0.200. The molecule has 0 aliphatic carbocycles. The van der Waals surface area contributed by atoms with Crippen LogP contribution in [0.1, 0.15) is 5.56 Å². The molecule has 0 amide bonds. The van der Waals surface area contributed by atoms with E-state index in [0.29, 0.717) is 17.5 Å². The zero-order valence-corrected chi connectivity index (χ0v) is 12.5. The van der Waals surface area contributed by atoms with Gasteiger partial charge in [-0.25, -0.2) is 4.79 Å². The van der Waals surface area contributed by atoms with Crippen LogP contribution in [0.2, 0.25) is 0 Å². The zero-order chi connectivity index (χ0) is 16.1. The topological polar surface area (TPSA) is 91.2 Å². The van der Waals surface area contributed by atoms with Crippen LogP contribution in [0.15, 0.2) is 42.7 Å². The Labute approximate surface area is 132 Å². The predicted octanol–water partition coefficient (Wildman–Crippen LogP) is 1.68. The number of benzene rings is 1. The largest absolute Gasteiger partial charge is 0.535 e. The molecule has 1 N–H and O–H groups in total. The third-order valence-electron chi connectivity index (χ3n) is 3.25. The van der Waals surface area contributed by atoms with Crippen LogP contribution in [0.4, 0.5) is 10.5 Å². The number of ether oxygens (including phenoxy) is 1. The summed E-state index contributed by atoms with van der Waals surface area (Å²) in [4.78, 5) is 21.8. The third-order valence-corrected chi connectivity index (χ3v) is 3.25. The number of carbonyl (C=O) groups excluding carboxylic acids is 1. The number of hydrogen-bond donors (Lipinski definition) is 1. The van der Waals surface area contributed by atoms with E-state index >= 15 is 0 Å². The number of rotatable bonds is 5. The maximum atomic E-state index is 11.7. The van der Waals surface area contributed by atoms with Crippen molar-refractivity contribution in [3.63, 3.8) is 0 Å². The maximum absolute atomic E-state index is 11.7. The molecule has 0 unspecified atom stereocenters. The molecule has 0 bridgehead atoms. The van der Waals surface area contributed by atoms with E-state index in [1.54, 1.807) is 30.6 Å². The van der Waals surface area contributed by atoms with Gasteiger partial charge in [0.2, 0.25) is 0 Å².